The molecular formula is C26H26N2O3. The van der Waals surface area contributed by atoms with E-state index in [2.05, 4.69) is 36.3 Å². The van der Waals surface area contributed by atoms with E-state index < -0.39 is 0 Å². The van der Waals surface area contributed by atoms with E-state index in [-0.39, 0.29) is 12.0 Å². The van der Waals surface area contributed by atoms with Crippen LogP contribution in [0.25, 0.3) is 22.6 Å². The van der Waals surface area contributed by atoms with Crippen molar-refractivity contribution in [3.05, 3.63) is 77.9 Å². The largest absolute Gasteiger partial charge is 0.491 e. The zero-order valence-corrected chi connectivity index (χ0v) is 18.2. The number of amides is 1. The summed E-state index contributed by atoms with van der Waals surface area (Å²) < 4.78 is 11.6. The van der Waals surface area contributed by atoms with Gasteiger partial charge in [0.2, 0.25) is 5.89 Å². The maximum absolute atomic E-state index is 12.7. The lowest BCUT2D eigenvalue weighted by atomic mass is 10.0. The molecule has 0 atom stereocenters. The van der Waals surface area contributed by atoms with E-state index in [0.29, 0.717) is 28.8 Å². The van der Waals surface area contributed by atoms with Gasteiger partial charge in [0.15, 0.2) is 5.58 Å². The second-order valence-corrected chi connectivity index (χ2v) is 8.13. The van der Waals surface area contributed by atoms with Crippen LogP contribution in [0.4, 0.5) is 5.69 Å². The predicted octanol–water partition coefficient (Wildman–Crippen LogP) is 6.66. The summed E-state index contributed by atoms with van der Waals surface area (Å²) in [5.41, 5.74) is 4.80. The van der Waals surface area contributed by atoms with Crippen LogP contribution in [0.15, 0.2) is 71.1 Å². The Kier molecular flexibility index (Phi) is 5.76. The number of anilines is 1. The number of ether oxygens (including phenoxy) is 1. The Morgan fingerprint density at radius 2 is 1.77 bits per heavy atom. The maximum Gasteiger partial charge on any atom is 0.255 e. The summed E-state index contributed by atoms with van der Waals surface area (Å²) in [6, 6.07) is 20.7. The van der Waals surface area contributed by atoms with Gasteiger partial charge in [-0.3, -0.25) is 4.79 Å². The van der Waals surface area contributed by atoms with Crippen molar-refractivity contribution in [3.8, 4) is 17.2 Å². The fourth-order valence-electron chi connectivity index (χ4n) is 3.34. The van der Waals surface area contributed by atoms with Crippen molar-refractivity contribution in [2.24, 2.45) is 0 Å². The summed E-state index contributed by atoms with van der Waals surface area (Å²) in [7, 11) is 0. The molecule has 1 N–H and O–H groups in total. The molecule has 5 nitrogen and oxygen atoms in total. The lowest BCUT2D eigenvalue weighted by Crippen LogP contribution is -2.12. The molecule has 4 aromatic rings. The summed E-state index contributed by atoms with van der Waals surface area (Å²) in [4.78, 5) is 17.4. The van der Waals surface area contributed by atoms with Gasteiger partial charge >= 0.3 is 0 Å². The van der Waals surface area contributed by atoms with Gasteiger partial charge in [0.1, 0.15) is 11.3 Å². The number of benzene rings is 3. The molecule has 1 amide bonds. The zero-order valence-electron chi connectivity index (χ0n) is 18.2. The third-order valence-electron chi connectivity index (χ3n) is 4.91. The molecule has 0 aliphatic carbocycles. The molecular weight excluding hydrogens is 388 g/mol. The standard InChI is InChI=1S/C26H26N2O3/c1-16(2)18-11-12-24-23(15-18)28-26(31-24)20-8-5-9-21(13-20)27-25(29)19-7-6-10-22(14-19)30-17(3)4/h5-17H,1-4H3,(H,27,29). The van der Waals surface area contributed by atoms with Crippen molar-refractivity contribution in [1.82, 2.24) is 4.98 Å². The van der Waals surface area contributed by atoms with Gasteiger partial charge in [-0.05, 0) is 73.9 Å². The fraction of sp³-hybridized carbons (Fsp3) is 0.231. The van der Waals surface area contributed by atoms with E-state index in [1.54, 1.807) is 12.1 Å². The van der Waals surface area contributed by atoms with Gasteiger partial charge in [-0.2, -0.15) is 0 Å². The lowest BCUT2D eigenvalue weighted by molar-refractivity contribution is 0.102. The number of fused-ring (bicyclic) bond motifs is 1. The highest BCUT2D eigenvalue weighted by Crippen LogP contribution is 2.28. The molecule has 0 saturated heterocycles. The molecule has 0 unspecified atom stereocenters. The molecule has 0 bridgehead atoms. The first-order valence-corrected chi connectivity index (χ1v) is 10.5. The van der Waals surface area contributed by atoms with Crippen molar-refractivity contribution >= 4 is 22.7 Å². The molecule has 1 heterocycles. The molecule has 0 saturated carbocycles. The molecule has 0 fully saturated rings. The highest BCUT2D eigenvalue weighted by Gasteiger charge is 2.12. The summed E-state index contributed by atoms with van der Waals surface area (Å²) in [6.45, 7) is 8.21. The molecule has 158 valence electrons. The van der Waals surface area contributed by atoms with Gasteiger partial charge in [0, 0.05) is 16.8 Å². The number of nitrogens with one attached hydrogen (secondary N) is 1. The molecule has 0 spiro atoms. The van der Waals surface area contributed by atoms with Crippen LogP contribution < -0.4 is 10.1 Å². The van der Waals surface area contributed by atoms with E-state index in [1.807, 2.05) is 56.3 Å². The van der Waals surface area contributed by atoms with Crippen LogP contribution in [-0.4, -0.2) is 17.0 Å². The van der Waals surface area contributed by atoms with Crippen molar-refractivity contribution in [2.75, 3.05) is 5.32 Å². The van der Waals surface area contributed by atoms with Crippen LogP contribution in [0, 0.1) is 0 Å². The van der Waals surface area contributed by atoms with E-state index in [9.17, 15) is 4.79 Å². The van der Waals surface area contributed by atoms with E-state index in [4.69, 9.17) is 9.15 Å². The Morgan fingerprint density at radius 1 is 0.968 bits per heavy atom. The van der Waals surface area contributed by atoms with Gasteiger partial charge in [-0.1, -0.05) is 32.0 Å². The number of nitrogens with zero attached hydrogens (tertiary/aromatic N) is 1. The van der Waals surface area contributed by atoms with Crippen molar-refractivity contribution < 1.29 is 13.9 Å². The maximum atomic E-state index is 12.7. The van der Waals surface area contributed by atoms with Crippen molar-refractivity contribution in [3.63, 3.8) is 0 Å². The van der Waals surface area contributed by atoms with Crippen LogP contribution in [0.2, 0.25) is 0 Å². The SMILES string of the molecule is CC(C)Oc1cccc(C(=O)Nc2cccc(-c3nc4cc(C(C)C)ccc4o3)c2)c1. The summed E-state index contributed by atoms with van der Waals surface area (Å²) >= 11 is 0. The van der Waals surface area contributed by atoms with E-state index in [0.717, 1.165) is 16.7 Å². The minimum Gasteiger partial charge on any atom is -0.491 e. The zero-order chi connectivity index (χ0) is 22.0. The monoisotopic (exact) mass is 414 g/mol. The Labute approximate surface area is 182 Å². The first-order valence-electron chi connectivity index (χ1n) is 10.5. The second kappa shape index (κ2) is 8.64. The average molecular weight is 415 g/mol. The van der Waals surface area contributed by atoms with Gasteiger partial charge in [0.25, 0.3) is 5.91 Å². The summed E-state index contributed by atoms with van der Waals surface area (Å²) in [6.07, 6.45) is 0.0444. The van der Waals surface area contributed by atoms with E-state index >= 15 is 0 Å². The molecule has 0 aliphatic rings. The molecule has 5 heteroatoms. The Balaban J connectivity index is 1.56. The number of carbonyl (C=O) groups excluding carboxylic acids is 1. The third-order valence-corrected chi connectivity index (χ3v) is 4.91. The predicted molar refractivity (Wildman–Crippen MR) is 124 cm³/mol. The molecule has 0 aliphatic heterocycles. The Hall–Kier alpha value is -3.60. The van der Waals surface area contributed by atoms with Crippen LogP contribution in [0.3, 0.4) is 0 Å². The van der Waals surface area contributed by atoms with Crippen LogP contribution in [-0.2, 0) is 0 Å². The first kappa shape index (κ1) is 20.7. The van der Waals surface area contributed by atoms with Crippen LogP contribution in [0.1, 0.15) is 49.5 Å². The number of aromatic nitrogens is 1. The molecule has 0 radical (unpaired) electrons. The summed E-state index contributed by atoms with van der Waals surface area (Å²) in [5, 5.41) is 2.94. The summed E-state index contributed by atoms with van der Waals surface area (Å²) in [5.74, 6) is 1.42. The molecule has 31 heavy (non-hydrogen) atoms. The number of oxazole rings is 1. The van der Waals surface area contributed by atoms with Gasteiger partial charge < -0.3 is 14.5 Å². The Morgan fingerprint density at radius 3 is 2.55 bits per heavy atom. The van der Waals surface area contributed by atoms with Gasteiger partial charge in [-0.15, -0.1) is 0 Å². The van der Waals surface area contributed by atoms with Gasteiger partial charge in [0.05, 0.1) is 6.10 Å². The number of rotatable bonds is 6. The quantitative estimate of drug-likeness (QED) is 0.383. The number of hydrogen-bond donors (Lipinski definition) is 1. The number of hydrogen-bond acceptors (Lipinski definition) is 4. The van der Waals surface area contributed by atoms with Crippen molar-refractivity contribution in [1.29, 1.82) is 0 Å². The van der Waals surface area contributed by atoms with Gasteiger partial charge in [-0.25, -0.2) is 4.98 Å². The molecule has 1 aromatic heterocycles. The normalized spacial score (nSPS) is 11.3. The smallest absolute Gasteiger partial charge is 0.255 e. The average Bonchev–Trinajstić information content (AvgIpc) is 3.17. The van der Waals surface area contributed by atoms with Crippen LogP contribution in [0.5, 0.6) is 5.75 Å². The fourth-order valence-corrected chi connectivity index (χ4v) is 3.34. The Bertz CT molecular complexity index is 1220. The minimum atomic E-state index is -0.203. The highest BCUT2D eigenvalue weighted by atomic mass is 16.5. The first-order chi connectivity index (χ1) is 14.9. The second-order valence-electron chi connectivity index (χ2n) is 8.13. The highest BCUT2D eigenvalue weighted by molar-refractivity contribution is 6.04. The van der Waals surface area contributed by atoms with Crippen molar-refractivity contribution in [2.45, 2.75) is 39.7 Å². The van der Waals surface area contributed by atoms with E-state index in [1.165, 1.54) is 5.56 Å². The third kappa shape index (κ3) is 4.77. The topological polar surface area (TPSA) is 64.4 Å². The minimum absolute atomic E-state index is 0.0444. The van der Waals surface area contributed by atoms with Crippen LogP contribution >= 0.6 is 0 Å². The number of carbonyl (C=O) groups is 1. The lowest BCUT2D eigenvalue weighted by Gasteiger charge is -2.11. The molecule has 4 rings (SSSR count). The molecule has 3 aromatic carbocycles.